The van der Waals surface area contributed by atoms with Crippen molar-refractivity contribution in [1.29, 1.82) is 0 Å². The van der Waals surface area contributed by atoms with Crippen molar-refractivity contribution in [2.75, 3.05) is 6.61 Å². The molecule has 0 unspecified atom stereocenters. The van der Waals surface area contributed by atoms with Gasteiger partial charge in [-0.2, -0.15) is 0 Å². The highest BCUT2D eigenvalue weighted by atomic mass is 79.9. The number of hydrogen-bond donors (Lipinski definition) is 0. The highest BCUT2D eigenvalue weighted by Gasteiger charge is 2.13. The summed E-state index contributed by atoms with van der Waals surface area (Å²) in [5.74, 6) is 0. The molecule has 15 heavy (non-hydrogen) atoms. The zero-order chi connectivity index (χ0) is 10.7. The second kappa shape index (κ2) is 5.15. The maximum atomic E-state index is 5.83. The van der Waals surface area contributed by atoms with Crippen LogP contribution in [0, 0.1) is 0 Å². The van der Waals surface area contributed by atoms with Crippen LogP contribution in [0.2, 0.25) is 5.02 Å². The van der Waals surface area contributed by atoms with E-state index in [1.807, 2.05) is 24.3 Å². The Morgan fingerprint density at radius 2 is 2.13 bits per heavy atom. The summed E-state index contributed by atoms with van der Waals surface area (Å²) in [6.07, 6.45) is 4.65. The van der Waals surface area contributed by atoms with Crippen molar-refractivity contribution in [2.45, 2.75) is 18.9 Å². The molecular formula is C12H12BrClO. The minimum absolute atomic E-state index is 0.259. The van der Waals surface area contributed by atoms with Gasteiger partial charge in [-0.25, -0.2) is 0 Å². The Bertz CT molecular complexity index is 352. The summed E-state index contributed by atoms with van der Waals surface area (Å²) < 4.78 is 6.61. The predicted octanol–water partition coefficient (Wildman–Crippen LogP) is 4.25. The van der Waals surface area contributed by atoms with Crippen molar-refractivity contribution in [3.63, 3.8) is 0 Å². The average Bonchev–Trinajstić information content (AvgIpc) is 2.71. The highest BCUT2D eigenvalue weighted by Crippen LogP contribution is 2.26. The van der Waals surface area contributed by atoms with Crippen LogP contribution in [0.3, 0.4) is 0 Å². The van der Waals surface area contributed by atoms with Crippen LogP contribution in [0.4, 0.5) is 0 Å². The fraction of sp³-hybridized carbons (Fsp3) is 0.333. The van der Waals surface area contributed by atoms with E-state index in [4.69, 9.17) is 16.3 Å². The maximum Gasteiger partial charge on any atom is 0.0770 e. The number of hydrogen-bond acceptors (Lipinski definition) is 1. The van der Waals surface area contributed by atoms with Crippen LogP contribution in [0.15, 0.2) is 30.3 Å². The monoisotopic (exact) mass is 286 g/mol. The third-order valence-corrected chi connectivity index (χ3v) is 3.39. The quantitative estimate of drug-likeness (QED) is 0.790. The zero-order valence-electron chi connectivity index (χ0n) is 8.25. The molecule has 1 nitrogen and oxygen atoms in total. The van der Waals surface area contributed by atoms with Gasteiger partial charge in [-0.3, -0.25) is 0 Å². The summed E-state index contributed by atoms with van der Waals surface area (Å²) in [7, 11) is 0. The van der Waals surface area contributed by atoms with Crippen molar-refractivity contribution >= 4 is 32.0 Å². The molecule has 1 aromatic rings. The van der Waals surface area contributed by atoms with Crippen LogP contribution in [0.5, 0.6) is 0 Å². The predicted molar refractivity (Wildman–Crippen MR) is 67.3 cm³/mol. The Morgan fingerprint density at radius 1 is 1.40 bits per heavy atom. The van der Waals surface area contributed by atoms with E-state index in [0.29, 0.717) is 0 Å². The van der Waals surface area contributed by atoms with Gasteiger partial charge < -0.3 is 4.74 Å². The van der Waals surface area contributed by atoms with Crippen molar-refractivity contribution in [2.24, 2.45) is 0 Å². The first-order chi connectivity index (χ1) is 7.25. The zero-order valence-corrected chi connectivity index (χ0v) is 10.6. The third-order valence-electron chi connectivity index (χ3n) is 2.42. The largest absolute Gasteiger partial charge is 0.374 e. The lowest BCUT2D eigenvalue weighted by atomic mass is 10.1. The molecule has 1 aliphatic rings. The van der Waals surface area contributed by atoms with Crippen molar-refractivity contribution in [1.82, 2.24) is 0 Å². The van der Waals surface area contributed by atoms with Crippen LogP contribution in [0.25, 0.3) is 4.48 Å². The van der Waals surface area contributed by atoms with Gasteiger partial charge in [0.1, 0.15) is 0 Å². The molecule has 1 aliphatic heterocycles. The molecule has 0 N–H and O–H groups in total. The van der Waals surface area contributed by atoms with Crippen LogP contribution >= 0.6 is 27.5 Å². The van der Waals surface area contributed by atoms with Gasteiger partial charge in [-0.05, 0) is 36.6 Å². The van der Waals surface area contributed by atoms with Gasteiger partial charge in [0.2, 0.25) is 0 Å². The van der Waals surface area contributed by atoms with Gasteiger partial charge in [0.25, 0.3) is 0 Å². The molecule has 0 saturated carbocycles. The summed E-state index contributed by atoms with van der Waals surface area (Å²) in [4.78, 5) is 0. The number of halogens is 2. The summed E-state index contributed by atoms with van der Waals surface area (Å²) in [5.41, 5.74) is 1.13. The SMILES string of the molecule is Clc1ccc(/C(Br)=C\[C@H]2CCCO2)cc1. The van der Waals surface area contributed by atoms with Gasteiger partial charge in [-0.1, -0.05) is 39.7 Å². The summed E-state index contributed by atoms with van der Waals surface area (Å²) in [5, 5.41) is 0.760. The Morgan fingerprint density at radius 3 is 2.73 bits per heavy atom. The van der Waals surface area contributed by atoms with E-state index in [2.05, 4.69) is 22.0 Å². The van der Waals surface area contributed by atoms with Gasteiger partial charge in [-0.15, -0.1) is 0 Å². The molecule has 1 fully saturated rings. The van der Waals surface area contributed by atoms with Crippen molar-refractivity contribution < 1.29 is 4.74 Å². The molecule has 1 atom stereocenters. The first-order valence-corrected chi connectivity index (χ1v) is 6.17. The maximum absolute atomic E-state index is 5.83. The average molecular weight is 288 g/mol. The molecule has 3 heteroatoms. The minimum atomic E-state index is 0.259. The van der Waals surface area contributed by atoms with E-state index in [1.165, 1.54) is 0 Å². The molecule has 1 saturated heterocycles. The molecule has 0 amide bonds. The molecule has 2 rings (SSSR count). The van der Waals surface area contributed by atoms with E-state index in [-0.39, 0.29) is 6.10 Å². The summed E-state index contributed by atoms with van der Waals surface area (Å²) >= 11 is 9.39. The fourth-order valence-electron chi connectivity index (χ4n) is 1.60. The molecule has 0 spiro atoms. The van der Waals surface area contributed by atoms with Gasteiger partial charge in [0.05, 0.1) is 6.10 Å². The standard InChI is InChI=1S/C12H12BrClO/c13-12(8-11-2-1-7-15-11)9-3-5-10(14)6-4-9/h3-6,8,11H,1-2,7H2/b12-8+/t11-/m1/s1. The van der Waals surface area contributed by atoms with E-state index in [0.717, 1.165) is 34.5 Å². The molecule has 0 aliphatic carbocycles. The molecule has 1 heterocycles. The first-order valence-electron chi connectivity index (χ1n) is 5.00. The van der Waals surface area contributed by atoms with E-state index in [1.54, 1.807) is 0 Å². The second-order valence-corrected chi connectivity index (χ2v) is 4.86. The van der Waals surface area contributed by atoms with Gasteiger partial charge in [0, 0.05) is 16.1 Å². The van der Waals surface area contributed by atoms with Crippen LogP contribution < -0.4 is 0 Å². The number of ether oxygens (including phenoxy) is 1. The Hall–Kier alpha value is -0.310. The molecule has 0 radical (unpaired) electrons. The summed E-state index contributed by atoms with van der Waals surface area (Å²) in [6.45, 7) is 0.877. The lowest BCUT2D eigenvalue weighted by molar-refractivity contribution is 0.146. The Kier molecular flexibility index (Phi) is 3.84. The van der Waals surface area contributed by atoms with Crippen molar-refractivity contribution in [3.8, 4) is 0 Å². The Balaban J connectivity index is 2.12. The smallest absolute Gasteiger partial charge is 0.0770 e. The number of rotatable bonds is 2. The first kappa shape index (κ1) is 11.2. The third kappa shape index (κ3) is 3.07. The lowest BCUT2D eigenvalue weighted by Gasteiger charge is -2.05. The molecule has 0 bridgehead atoms. The second-order valence-electron chi connectivity index (χ2n) is 3.57. The molecule has 80 valence electrons. The van der Waals surface area contributed by atoms with Gasteiger partial charge >= 0.3 is 0 Å². The van der Waals surface area contributed by atoms with E-state index < -0.39 is 0 Å². The van der Waals surface area contributed by atoms with Crippen molar-refractivity contribution in [3.05, 3.63) is 40.9 Å². The lowest BCUT2D eigenvalue weighted by Crippen LogP contribution is -1.99. The highest BCUT2D eigenvalue weighted by molar-refractivity contribution is 9.15. The van der Waals surface area contributed by atoms with Gasteiger partial charge in [0.15, 0.2) is 0 Å². The minimum Gasteiger partial charge on any atom is -0.374 e. The summed E-state index contributed by atoms with van der Waals surface area (Å²) in [6, 6.07) is 7.78. The fourth-order valence-corrected chi connectivity index (χ4v) is 2.29. The Labute approximate surface area is 103 Å². The van der Waals surface area contributed by atoms with Crippen LogP contribution in [-0.2, 0) is 4.74 Å². The molecular weight excluding hydrogens is 275 g/mol. The molecule has 0 aromatic heterocycles. The van der Waals surface area contributed by atoms with Crippen LogP contribution in [0.1, 0.15) is 18.4 Å². The topological polar surface area (TPSA) is 9.23 Å². The molecule has 1 aromatic carbocycles. The van der Waals surface area contributed by atoms with E-state index in [9.17, 15) is 0 Å². The van der Waals surface area contributed by atoms with E-state index >= 15 is 0 Å². The normalized spacial score (nSPS) is 22.0. The van der Waals surface area contributed by atoms with Crippen LogP contribution in [-0.4, -0.2) is 12.7 Å². The number of benzene rings is 1.